The molecule has 0 bridgehead atoms. The fourth-order valence-electron chi connectivity index (χ4n) is 3.10. The second kappa shape index (κ2) is 6.44. The summed E-state index contributed by atoms with van der Waals surface area (Å²) in [6.07, 6.45) is 0. The van der Waals surface area contributed by atoms with Gasteiger partial charge in [0.2, 0.25) is 0 Å². The van der Waals surface area contributed by atoms with E-state index in [1.54, 1.807) is 13.1 Å². The van der Waals surface area contributed by atoms with Crippen LogP contribution in [0.25, 0.3) is 21.5 Å². The first-order valence-corrected chi connectivity index (χ1v) is 8.35. The van der Waals surface area contributed by atoms with Crippen LogP contribution in [0, 0.1) is 0 Å². The van der Waals surface area contributed by atoms with E-state index < -0.39 is 0 Å². The zero-order valence-electron chi connectivity index (χ0n) is 14.3. The Morgan fingerprint density at radius 1 is 0.962 bits per heavy atom. The van der Waals surface area contributed by atoms with Crippen molar-refractivity contribution in [2.75, 3.05) is 0 Å². The monoisotopic (exact) mass is 343 g/mol. The number of aryl methyl sites for hydroxylation is 1. The lowest BCUT2D eigenvalue weighted by Gasteiger charge is -2.10. The number of carbonyl (C=O) groups is 1. The summed E-state index contributed by atoms with van der Waals surface area (Å²) in [6, 6.07) is 20.8. The third-order valence-corrected chi connectivity index (χ3v) is 4.46. The van der Waals surface area contributed by atoms with Crippen LogP contribution in [-0.4, -0.2) is 15.7 Å². The number of nitrogens with zero attached hydrogens (tertiary/aromatic N) is 2. The summed E-state index contributed by atoms with van der Waals surface area (Å²) in [4.78, 5) is 24.7. The van der Waals surface area contributed by atoms with E-state index in [0.717, 1.165) is 16.2 Å². The van der Waals surface area contributed by atoms with E-state index in [1.165, 1.54) is 4.68 Å². The standard InChI is InChI=1S/C21H17N3O2/c1-24-21(26)18-9-5-4-8-17(18)19(23-24)13-22-20(25)16-11-10-14-6-2-3-7-15(14)12-16/h2-12H,13H2,1H3,(H,22,25). The fraction of sp³-hybridized carbons (Fsp3) is 0.0952. The molecule has 1 N–H and O–H groups in total. The molecule has 0 fully saturated rings. The summed E-state index contributed by atoms with van der Waals surface area (Å²) in [5, 5.41) is 10.7. The van der Waals surface area contributed by atoms with E-state index in [-0.39, 0.29) is 18.0 Å². The molecule has 5 nitrogen and oxygen atoms in total. The second-order valence-electron chi connectivity index (χ2n) is 6.17. The predicted molar refractivity (Wildman–Crippen MR) is 102 cm³/mol. The van der Waals surface area contributed by atoms with Crippen LogP contribution in [0.4, 0.5) is 0 Å². The first-order chi connectivity index (χ1) is 12.6. The van der Waals surface area contributed by atoms with Gasteiger partial charge in [-0.3, -0.25) is 9.59 Å². The van der Waals surface area contributed by atoms with Gasteiger partial charge >= 0.3 is 0 Å². The van der Waals surface area contributed by atoms with Crippen molar-refractivity contribution < 1.29 is 4.79 Å². The number of rotatable bonds is 3. The molecule has 1 aromatic heterocycles. The lowest BCUT2D eigenvalue weighted by Crippen LogP contribution is -2.27. The molecular weight excluding hydrogens is 326 g/mol. The fourth-order valence-corrected chi connectivity index (χ4v) is 3.10. The number of fused-ring (bicyclic) bond motifs is 2. The summed E-state index contributed by atoms with van der Waals surface area (Å²) in [7, 11) is 1.61. The minimum Gasteiger partial charge on any atom is -0.346 e. The Labute approximate surface area is 149 Å². The Morgan fingerprint density at radius 2 is 1.65 bits per heavy atom. The van der Waals surface area contributed by atoms with Gasteiger partial charge in [-0.2, -0.15) is 5.10 Å². The summed E-state index contributed by atoms with van der Waals surface area (Å²) < 4.78 is 1.31. The number of carbonyl (C=O) groups excluding carboxylic acids is 1. The maximum Gasteiger partial charge on any atom is 0.274 e. The SMILES string of the molecule is Cn1nc(CNC(=O)c2ccc3ccccc3c2)c2ccccc2c1=O. The van der Waals surface area contributed by atoms with E-state index in [0.29, 0.717) is 16.6 Å². The molecule has 5 heteroatoms. The van der Waals surface area contributed by atoms with Gasteiger partial charge in [-0.1, -0.05) is 48.5 Å². The third-order valence-electron chi connectivity index (χ3n) is 4.46. The highest BCUT2D eigenvalue weighted by Crippen LogP contribution is 2.16. The van der Waals surface area contributed by atoms with Crippen LogP contribution in [0.1, 0.15) is 16.1 Å². The average molecular weight is 343 g/mol. The topological polar surface area (TPSA) is 64.0 Å². The van der Waals surface area contributed by atoms with Crippen LogP contribution in [-0.2, 0) is 13.6 Å². The average Bonchev–Trinajstić information content (AvgIpc) is 2.69. The number of amides is 1. The minimum absolute atomic E-state index is 0.148. The molecule has 0 saturated carbocycles. The predicted octanol–water partition coefficient (Wildman–Crippen LogP) is 3.02. The molecule has 4 rings (SSSR count). The molecule has 26 heavy (non-hydrogen) atoms. The molecule has 128 valence electrons. The molecule has 0 unspecified atom stereocenters. The molecule has 0 aliphatic rings. The van der Waals surface area contributed by atoms with Crippen LogP contribution in [0.2, 0.25) is 0 Å². The van der Waals surface area contributed by atoms with Crippen molar-refractivity contribution in [2.24, 2.45) is 7.05 Å². The number of hydrogen-bond acceptors (Lipinski definition) is 3. The quantitative estimate of drug-likeness (QED) is 0.622. The van der Waals surface area contributed by atoms with E-state index in [2.05, 4.69) is 10.4 Å². The summed E-state index contributed by atoms with van der Waals surface area (Å²) in [6.45, 7) is 0.250. The zero-order valence-corrected chi connectivity index (χ0v) is 14.3. The van der Waals surface area contributed by atoms with E-state index in [1.807, 2.05) is 60.7 Å². The Morgan fingerprint density at radius 3 is 2.46 bits per heavy atom. The molecule has 0 saturated heterocycles. The van der Waals surface area contributed by atoms with Crippen LogP contribution in [0.3, 0.4) is 0 Å². The molecule has 0 aliphatic carbocycles. The van der Waals surface area contributed by atoms with Gasteiger partial charge in [-0.25, -0.2) is 4.68 Å². The zero-order chi connectivity index (χ0) is 18.1. The van der Waals surface area contributed by atoms with Gasteiger partial charge in [0.15, 0.2) is 0 Å². The Bertz CT molecular complexity index is 1190. The highest BCUT2D eigenvalue weighted by molar-refractivity contribution is 5.98. The molecule has 1 amide bonds. The largest absolute Gasteiger partial charge is 0.346 e. The van der Waals surface area contributed by atoms with E-state index >= 15 is 0 Å². The normalized spacial score (nSPS) is 11.0. The van der Waals surface area contributed by atoms with Crippen molar-refractivity contribution in [3.05, 3.63) is 88.3 Å². The molecule has 1 heterocycles. The minimum atomic E-state index is -0.171. The number of benzene rings is 3. The van der Waals surface area contributed by atoms with E-state index in [4.69, 9.17) is 0 Å². The van der Waals surface area contributed by atoms with E-state index in [9.17, 15) is 9.59 Å². The highest BCUT2D eigenvalue weighted by Gasteiger charge is 2.11. The molecule has 3 aromatic carbocycles. The summed E-state index contributed by atoms with van der Waals surface area (Å²) in [5.41, 5.74) is 1.11. The maximum atomic E-state index is 12.5. The smallest absolute Gasteiger partial charge is 0.274 e. The van der Waals surface area contributed by atoms with Gasteiger partial charge in [-0.15, -0.1) is 0 Å². The maximum absolute atomic E-state index is 12.5. The Hall–Kier alpha value is -3.47. The lowest BCUT2D eigenvalue weighted by molar-refractivity contribution is 0.0950. The van der Waals surface area contributed by atoms with Crippen molar-refractivity contribution in [2.45, 2.75) is 6.54 Å². The number of aromatic nitrogens is 2. The number of nitrogens with one attached hydrogen (secondary N) is 1. The van der Waals surface area contributed by atoms with Crippen LogP contribution in [0.15, 0.2) is 71.5 Å². The Kier molecular flexibility index (Phi) is 3.97. The molecule has 0 atom stereocenters. The van der Waals surface area contributed by atoms with Crippen molar-refractivity contribution >= 4 is 27.5 Å². The van der Waals surface area contributed by atoms with Crippen LogP contribution >= 0.6 is 0 Å². The van der Waals surface area contributed by atoms with Crippen molar-refractivity contribution in [3.63, 3.8) is 0 Å². The van der Waals surface area contributed by atoms with Gasteiger partial charge in [0.25, 0.3) is 11.5 Å². The second-order valence-corrected chi connectivity index (χ2v) is 6.17. The molecule has 0 spiro atoms. The van der Waals surface area contributed by atoms with Crippen molar-refractivity contribution in [1.29, 1.82) is 0 Å². The van der Waals surface area contributed by atoms with Gasteiger partial charge in [-0.05, 0) is 29.0 Å². The van der Waals surface area contributed by atoms with Crippen LogP contribution < -0.4 is 10.9 Å². The van der Waals surface area contributed by atoms with Crippen molar-refractivity contribution in [1.82, 2.24) is 15.1 Å². The number of hydrogen-bond donors (Lipinski definition) is 1. The molecule has 0 radical (unpaired) electrons. The molecule has 4 aromatic rings. The molecule has 0 aliphatic heterocycles. The summed E-state index contributed by atoms with van der Waals surface area (Å²) in [5.74, 6) is -0.171. The lowest BCUT2D eigenvalue weighted by atomic mass is 10.1. The first-order valence-electron chi connectivity index (χ1n) is 8.35. The van der Waals surface area contributed by atoms with Gasteiger partial charge < -0.3 is 5.32 Å². The van der Waals surface area contributed by atoms with Gasteiger partial charge in [0, 0.05) is 18.0 Å². The van der Waals surface area contributed by atoms with Gasteiger partial charge in [0.05, 0.1) is 17.6 Å². The van der Waals surface area contributed by atoms with Crippen LogP contribution in [0.5, 0.6) is 0 Å². The van der Waals surface area contributed by atoms with Gasteiger partial charge in [0.1, 0.15) is 0 Å². The first kappa shape index (κ1) is 16.0. The van der Waals surface area contributed by atoms with Crippen molar-refractivity contribution in [3.8, 4) is 0 Å². The Balaban J connectivity index is 1.62. The third kappa shape index (κ3) is 2.84. The molecular formula is C21H17N3O2. The highest BCUT2D eigenvalue weighted by atomic mass is 16.1. The summed E-state index contributed by atoms with van der Waals surface area (Å²) >= 11 is 0.